The van der Waals surface area contributed by atoms with Gasteiger partial charge in [-0.1, -0.05) is 48.5 Å². The second-order valence-corrected chi connectivity index (χ2v) is 7.47. The first kappa shape index (κ1) is 20.3. The maximum atomic E-state index is 13.3. The Balaban J connectivity index is 1.60. The van der Waals surface area contributed by atoms with Gasteiger partial charge in [-0.2, -0.15) is 0 Å². The smallest absolute Gasteiger partial charge is 0.262 e. The van der Waals surface area contributed by atoms with E-state index in [0.717, 1.165) is 28.3 Å². The van der Waals surface area contributed by atoms with E-state index in [1.54, 1.807) is 4.90 Å². The molecule has 7 nitrogen and oxygen atoms in total. The molecule has 0 saturated heterocycles. The normalized spacial score (nSPS) is 12.5. The quantitative estimate of drug-likeness (QED) is 0.570. The lowest BCUT2D eigenvalue weighted by Crippen LogP contribution is -2.26. The summed E-state index contributed by atoms with van der Waals surface area (Å²) in [5, 5.41) is 20.4. The number of carbonyl (C=O) groups excluding carboxylic acids is 2. The molecule has 0 aliphatic carbocycles. The maximum Gasteiger partial charge on any atom is 0.262 e. The van der Waals surface area contributed by atoms with Crippen molar-refractivity contribution in [3.8, 4) is 17.2 Å². The van der Waals surface area contributed by atoms with Crippen molar-refractivity contribution in [3.05, 3.63) is 88.5 Å². The van der Waals surface area contributed by atoms with Crippen molar-refractivity contribution < 1.29 is 24.5 Å². The van der Waals surface area contributed by atoms with Crippen molar-refractivity contribution in [3.63, 3.8) is 0 Å². The molecule has 0 bridgehead atoms. The van der Waals surface area contributed by atoms with Gasteiger partial charge in [0.15, 0.2) is 0 Å². The Morgan fingerprint density at radius 2 is 1.77 bits per heavy atom. The number of nitrogens with two attached hydrogens (primary N) is 1. The van der Waals surface area contributed by atoms with Gasteiger partial charge in [-0.15, -0.1) is 0 Å². The number of primary amides is 1. The van der Waals surface area contributed by atoms with Crippen molar-refractivity contribution in [1.82, 2.24) is 4.90 Å². The minimum Gasteiger partial charge on any atom is -0.508 e. The van der Waals surface area contributed by atoms with Gasteiger partial charge in [-0.3, -0.25) is 9.59 Å². The highest BCUT2D eigenvalue weighted by atomic mass is 16.5. The van der Waals surface area contributed by atoms with Crippen LogP contribution in [0.3, 0.4) is 0 Å². The first-order valence-electron chi connectivity index (χ1n) is 9.82. The van der Waals surface area contributed by atoms with Gasteiger partial charge < -0.3 is 25.6 Å². The SMILES string of the molecule is NC(=O)Cc1cccc2c1CN(C(=O)c1c(O)cc(O)cc1OCc1ccccc1)C2. The first-order chi connectivity index (χ1) is 14.9. The maximum absolute atomic E-state index is 13.3. The summed E-state index contributed by atoms with van der Waals surface area (Å²) >= 11 is 0. The molecule has 3 aromatic rings. The monoisotopic (exact) mass is 418 g/mol. The Bertz CT molecular complexity index is 1140. The summed E-state index contributed by atoms with van der Waals surface area (Å²) in [6.07, 6.45) is 0.0983. The molecule has 31 heavy (non-hydrogen) atoms. The van der Waals surface area contributed by atoms with Crippen molar-refractivity contribution in [2.75, 3.05) is 0 Å². The number of amides is 2. The van der Waals surface area contributed by atoms with Crippen LogP contribution in [0, 0.1) is 0 Å². The average molecular weight is 418 g/mol. The summed E-state index contributed by atoms with van der Waals surface area (Å²) in [4.78, 5) is 26.3. The number of rotatable bonds is 6. The Kier molecular flexibility index (Phi) is 5.49. The van der Waals surface area contributed by atoms with E-state index in [1.165, 1.54) is 6.07 Å². The van der Waals surface area contributed by atoms with Crippen LogP contribution in [0.15, 0.2) is 60.7 Å². The molecule has 4 rings (SSSR count). The predicted octanol–water partition coefficient (Wildman–Crippen LogP) is 2.86. The lowest BCUT2D eigenvalue weighted by Gasteiger charge is -2.19. The molecule has 1 aliphatic rings. The van der Waals surface area contributed by atoms with Crippen LogP contribution in [-0.2, 0) is 30.9 Å². The summed E-state index contributed by atoms with van der Waals surface area (Å²) in [5.41, 5.74) is 8.82. The van der Waals surface area contributed by atoms with E-state index >= 15 is 0 Å². The molecule has 0 spiro atoms. The van der Waals surface area contributed by atoms with Crippen LogP contribution >= 0.6 is 0 Å². The summed E-state index contributed by atoms with van der Waals surface area (Å²) < 4.78 is 5.79. The highest BCUT2D eigenvalue weighted by Crippen LogP contribution is 2.36. The summed E-state index contributed by atoms with van der Waals surface area (Å²) in [5.74, 6) is -1.33. The van der Waals surface area contributed by atoms with Crippen molar-refractivity contribution in [2.24, 2.45) is 5.73 Å². The molecule has 3 aromatic carbocycles. The van der Waals surface area contributed by atoms with Crippen LogP contribution in [0.4, 0.5) is 0 Å². The molecule has 0 unspecified atom stereocenters. The number of nitrogens with zero attached hydrogens (tertiary/aromatic N) is 1. The van der Waals surface area contributed by atoms with Gasteiger partial charge >= 0.3 is 0 Å². The minimum absolute atomic E-state index is 0.0158. The average Bonchev–Trinajstić information content (AvgIpc) is 3.17. The van der Waals surface area contributed by atoms with E-state index in [2.05, 4.69) is 0 Å². The third kappa shape index (κ3) is 4.30. The third-order valence-electron chi connectivity index (χ3n) is 5.25. The molecule has 4 N–H and O–H groups in total. The zero-order valence-electron chi connectivity index (χ0n) is 16.7. The molecular formula is C24H22N2O5. The number of carbonyl (C=O) groups is 2. The highest BCUT2D eigenvalue weighted by molar-refractivity contribution is 6.00. The fraction of sp³-hybridized carbons (Fsp3) is 0.167. The predicted molar refractivity (Wildman–Crippen MR) is 113 cm³/mol. The van der Waals surface area contributed by atoms with Crippen LogP contribution in [0.25, 0.3) is 0 Å². The van der Waals surface area contributed by atoms with Gasteiger partial charge in [-0.05, 0) is 22.3 Å². The Labute approximate surface area is 179 Å². The van der Waals surface area contributed by atoms with E-state index in [1.807, 2.05) is 48.5 Å². The van der Waals surface area contributed by atoms with E-state index < -0.39 is 11.8 Å². The molecule has 0 fully saturated rings. The minimum atomic E-state index is -0.439. The molecule has 1 aliphatic heterocycles. The number of aromatic hydroxyl groups is 2. The largest absolute Gasteiger partial charge is 0.508 e. The highest BCUT2D eigenvalue weighted by Gasteiger charge is 2.30. The number of hydrogen-bond acceptors (Lipinski definition) is 5. The number of hydrogen-bond donors (Lipinski definition) is 3. The Hall–Kier alpha value is -4.00. The van der Waals surface area contributed by atoms with Gasteiger partial charge in [0.2, 0.25) is 5.91 Å². The van der Waals surface area contributed by atoms with Crippen molar-refractivity contribution >= 4 is 11.8 Å². The Morgan fingerprint density at radius 3 is 2.52 bits per heavy atom. The van der Waals surface area contributed by atoms with Crippen molar-refractivity contribution in [2.45, 2.75) is 26.1 Å². The summed E-state index contributed by atoms with van der Waals surface area (Å²) in [6.45, 7) is 0.794. The van der Waals surface area contributed by atoms with Gasteiger partial charge in [0.05, 0.1) is 6.42 Å². The molecule has 2 amide bonds. The fourth-order valence-electron chi connectivity index (χ4n) is 3.80. The summed E-state index contributed by atoms with van der Waals surface area (Å²) in [7, 11) is 0. The van der Waals surface area contributed by atoms with Crippen molar-refractivity contribution in [1.29, 1.82) is 0 Å². The van der Waals surface area contributed by atoms with Gasteiger partial charge in [0.1, 0.15) is 29.4 Å². The third-order valence-corrected chi connectivity index (χ3v) is 5.25. The van der Waals surface area contributed by atoms with Crippen LogP contribution in [0.5, 0.6) is 17.2 Å². The van der Waals surface area contributed by atoms with Crippen LogP contribution in [0.2, 0.25) is 0 Å². The lowest BCUT2D eigenvalue weighted by molar-refractivity contribution is -0.117. The molecule has 0 radical (unpaired) electrons. The molecule has 0 saturated carbocycles. The van der Waals surface area contributed by atoms with E-state index in [0.29, 0.717) is 6.54 Å². The number of phenolic OH excluding ortho intramolecular Hbond substituents is 2. The second-order valence-electron chi connectivity index (χ2n) is 7.47. The standard InChI is InChI=1S/C24H22N2O5/c25-22(29)9-16-7-4-8-17-12-26(13-19(16)17)24(30)23-20(28)10-18(27)11-21(23)31-14-15-5-2-1-3-6-15/h1-8,10-11,27-28H,9,12-14H2,(H2,25,29). The molecule has 7 heteroatoms. The van der Waals surface area contributed by atoms with Crippen LogP contribution in [-0.4, -0.2) is 26.9 Å². The number of ether oxygens (including phenoxy) is 1. The summed E-state index contributed by atoms with van der Waals surface area (Å²) in [6, 6.07) is 17.4. The zero-order valence-corrected chi connectivity index (χ0v) is 16.7. The van der Waals surface area contributed by atoms with E-state index in [9.17, 15) is 19.8 Å². The fourth-order valence-corrected chi connectivity index (χ4v) is 3.80. The number of benzene rings is 3. The van der Waals surface area contributed by atoms with Gasteiger partial charge in [-0.25, -0.2) is 0 Å². The topological polar surface area (TPSA) is 113 Å². The lowest BCUT2D eigenvalue weighted by atomic mass is 10.0. The molecule has 1 heterocycles. The van der Waals surface area contributed by atoms with Gasteiger partial charge in [0, 0.05) is 25.2 Å². The number of phenols is 2. The number of fused-ring (bicyclic) bond motifs is 1. The zero-order chi connectivity index (χ0) is 22.0. The molecule has 0 aromatic heterocycles. The molecule has 158 valence electrons. The molecular weight excluding hydrogens is 396 g/mol. The first-order valence-corrected chi connectivity index (χ1v) is 9.82. The second kappa shape index (κ2) is 8.39. The van der Waals surface area contributed by atoms with E-state index in [4.69, 9.17) is 10.5 Å². The Morgan fingerprint density at radius 1 is 1.00 bits per heavy atom. The van der Waals surface area contributed by atoms with E-state index in [-0.39, 0.29) is 42.4 Å². The van der Waals surface area contributed by atoms with Crippen LogP contribution in [0.1, 0.15) is 32.6 Å². The van der Waals surface area contributed by atoms with Crippen LogP contribution < -0.4 is 10.5 Å². The van der Waals surface area contributed by atoms with Gasteiger partial charge in [0.25, 0.3) is 5.91 Å². The molecule has 0 atom stereocenters.